The molecule has 0 aliphatic rings. The van der Waals surface area contributed by atoms with Gasteiger partial charge in [-0.1, -0.05) is 51.1 Å². The van der Waals surface area contributed by atoms with Gasteiger partial charge in [0.05, 0.1) is 17.6 Å². The highest BCUT2D eigenvalue weighted by Gasteiger charge is 2.15. The molecule has 1 N–H and O–H groups in total. The molecule has 1 heterocycles. The molecule has 0 aliphatic heterocycles. The molecule has 5 nitrogen and oxygen atoms in total. The molecule has 0 fully saturated rings. The van der Waals surface area contributed by atoms with E-state index in [2.05, 4.69) is 31.2 Å². The summed E-state index contributed by atoms with van der Waals surface area (Å²) >= 11 is 0. The predicted octanol–water partition coefficient (Wildman–Crippen LogP) is 5.09. The van der Waals surface area contributed by atoms with Crippen molar-refractivity contribution in [2.24, 2.45) is 0 Å². The smallest absolute Gasteiger partial charge is 0.406 e. The number of ether oxygens (including phenoxy) is 1. The molecular weight excluding hydrogens is 326 g/mol. The number of benzene rings is 2. The Labute approximate surface area is 153 Å². The van der Waals surface area contributed by atoms with Crippen molar-refractivity contribution in [3.8, 4) is 11.4 Å². The topological polar surface area (TPSA) is 56.1 Å². The molecule has 0 radical (unpaired) electrons. The van der Waals surface area contributed by atoms with Crippen molar-refractivity contribution in [3.05, 3.63) is 72.1 Å². The molecular formula is C21H23N3O2. The number of hydrogen-bond acceptors (Lipinski definition) is 3. The van der Waals surface area contributed by atoms with E-state index in [1.807, 2.05) is 61.5 Å². The summed E-state index contributed by atoms with van der Waals surface area (Å²) in [6.07, 6.45) is 1.01. The minimum atomic E-state index is -0.538. The Bertz CT molecular complexity index is 891. The first-order valence-electron chi connectivity index (χ1n) is 8.54. The number of carbonyl (C=O) groups is 1. The third kappa shape index (κ3) is 3.94. The van der Waals surface area contributed by atoms with Gasteiger partial charge in [-0.05, 0) is 42.2 Å². The molecule has 0 atom stereocenters. The quantitative estimate of drug-likeness (QED) is 0.716. The van der Waals surface area contributed by atoms with Crippen LogP contribution in [0.2, 0.25) is 0 Å². The third-order valence-corrected chi connectivity index (χ3v) is 4.17. The first-order chi connectivity index (χ1) is 12.3. The number of amides is 1. The Balaban J connectivity index is 1.68. The van der Waals surface area contributed by atoms with E-state index in [0.717, 1.165) is 11.4 Å². The van der Waals surface area contributed by atoms with Gasteiger partial charge in [0.15, 0.2) is 5.75 Å². The summed E-state index contributed by atoms with van der Waals surface area (Å²) < 4.78 is 7.15. The van der Waals surface area contributed by atoms with Gasteiger partial charge in [-0.3, -0.25) is 5.32 Å². The molecule has 134 valence electrons. The number of para-hydroxylation sites is 1. The van der Waals surface area contributed by atoms with Crippen molar-refractivity contribution in [1.82, 2.24) is 9.78 Å². The van der Waals surface area contributed by atoms with Gasteiger partial charge in [0.25, 0.3) is 0 Å². The van der Waals surface area contributed by atoms with E-state index in [1.165, 1.54) is 5.56 Å². The zero-order valence-electron chi connectivity index (χ0n) is 15.5. The first kappa shape index (κ1) is 17.7. The molecule has 3 aromatic rings. The number of hydrogen-bond donors (Lipinski definition) is 1. The Hall–Kier alpha value is -3.08. The monoisotopic (exact) mass is 349 g/mol. The molecule has 3 rings (SSSR count). The third-order valence-electron chi connectivity index (χ3n) is 4.17. The van der Waals surface area contributed by atoms with Gasteiger partial charge >= 0.3 is 6.09 Å². The lowest BCUT2D eigenvalue weighted by atomic mass is 9.87. The number of nitrogens with zero attached hydrogens (tertiary/aromatic N) is 2. The van der Waals surface area contributed by atoms with Crippen molar-refractivity contribution in [3.63, 3.8) is 0 Å². The molecule has 1 amide bonds. The van der Waals surface area contributed by atoms with Crippen molar-refractivity contribution in [2.75, 3.05) is 5.32 Å². The summed E-state index contributed by atoms with van der Waals surface area (Å²) in [5.74, 6) is 0.428. The molecule has 5 heteroatoms. The summed E-state index contributed by atoms with van der Waals surface area (Å²) in [7, 11) is 0. The van der Waals surface area contributed by atoms with Crippen LogP contribution in [0.3, 0.4) is 0 Å². The van der Waals surface area contributed by atoms with Crippen LogP contribution in [0, 0.1) is 6.92 Å². The number of carbonyl (C=O) groups excluding carboxylic acids is 1. The summed E-state index contributed by atoms with van der Waals surface area (Å²) in [5.41, 5.74) is 3.64. The van der Waals surface area contributed by atoms with Crippen molar-refractivity contribution in [2.45, 2.75) is 33.1 Å². The summed E-state index contributed by atoms with van der Waals surface area (Å²) in [6, 6.07) is 17.5. The number of anilines is 1. The van der Waals surface area contributed by atoms with Gasteiger partial charge in [0.1, 0.15) is 0 Å². The van der Waals surface area contributed by atoms with E-state index in [4.69, 9.17) is 4.74 Å². The van der Waals surface area contributed by atoms with E-state index >= 15 is 0 Å². The number of aromatic nitrogens is 2. The van der Waals surface area contributed by atoms with Crippen LogP contribution in [-0.4, -0.2) is 15.9 Å². The van der Waals surface area contributed by atoms with Crippen LogP contribution >= 0.6 is 0 Å². The Kier molecular flexibility index (Phi) is 4.80. The molecule has 0 unspecified atom stereocenters. The van der Waals surface area contributed by atoms with Crippen molar-refractivity contribution >= 4 is 11.8 Å². The average Bonchev–Trinajstić information content (AvgIpc) is 2.96. The van der Waals surface area contributed by atoms with E-state index in [-0.39, 0.29) is 5.41 Å². The predicted molar refractivity (Wildman–Crippen MR) is 103 cm³/mol. The Morgan fingerprint density at radius 1 is 1.04 bits per heavy atom. The lowest BCUT2D eigenvalue weighted by molar-refractivity contribution is 0.215. The zero-order valence-corrected chi connectivity index (χ0v) is 15.5. The van der Waals surface area contributed by atoms with E-state index < -0.39 is 6.09 Å². The highest BCUT2D eigenvalue weighted by atomic mass is 16.6. The number of rotatable bonds is 3. The fraction of sp³-hybridized carbons (Fsp3) is 0.238. The standard InChI is InChI=1S/C21H23N3O2/c1-15-19(14-22-24(15)18-8-6-5-7-9-18)26-20(25)23-17-12-10-16(11-13-17)21(2,3)4/h5-14H,1-4H3,(H,23,25). The van der Waals surface area contributed by atoms with Crippen LogP contribution in [-0.2, 0) is 5.41 Å². The van der Waals surface area contributed by atoms with Gasteiger partial charge < -0.3 is 4.74 Å². The summed E-state index contributed by atoms with van der Waals surface area (Å²) in [5, 5.41) is 7.04. The van der Waals surface area contributed by atoms with E-state index in [9.17, 15) is 4.79 Å². The maximum Gasteiger partial charge on any atom is 0.417 e. The van der Waals surface area contributed by atoms with Crippen LogP contribution < -0.4 is 10.1 Å². The van der Waals surface area contributed by atoms with E-state index in [0.29, 0.717) is 11.4 Å². The minimum absolute atomic E-state index is 0.0716. The zero-order chi connectivity index (χ0) is 18.7. The first-order valence-corrected chi connectivity index (χ1v) is 8.54. The van der Waals surface area contributed by atoms with Crippen LogP contribution in [0.5, 0.6) is 5.75 Å². The second-order valence-corrected chi connectivity index (χ2v) is 7.18. The van der Waals surface area contributed by atoms with Crippen LogP contribution in [0.1, 0.15) is 32.0 Å². The molecule has 0 saturated heterocycles. The second-order valence-electron chi connectivity index (χ2n) is 7.18. The molecule has 0 aliphatic carbocycles. The molecule has 0 saturated carbocycles. The summed E-state index contributed by atoms with van der Waals surface area (Å²) in [4.78, 5) is 12.2. The van der Waals surface area contributed by atoms with Gasteiger partial charge in [-0.2, -0.15) is 5.10 Å². The number of nitrogens with one attached hydrogen (secondary N) is 1. The fourth-order valence-electron chi connectivity index (χ4n) is 2.62. The van der Waals surface area contributed by atoms with Gasteiger partial charge in [0, 0.05) is 5.69 Å². The second kappa shape index (κ2) is 7.04. The average molecular weight is 349 g/mol. The van der Waals surface area contributed by atoms with Crippen molar-refractivity contribution < 1.29 is 9.53 Å². The molecule has 0 bridgehead atoms. The maximum atomic E-state index is 12.2. The Morgan fingerprint density at radius 3 is 2.31 bits per heavy atom. The van der Waals surface area contributed by atoms with Gasteiger partial charge in [0.2, 0.25) is 0 Å². The summed E-state index contributed by atoms with van der Waals surface area (Å²) in [6.45, 7) is 8.31. The largest absolute Gasteiger partial charge is 0.417 e. The molecule has 2 aromatic carbocycles. The van der Waals surface area contributed by atoms with Crippen LogP contribution in [0.4, 0.5) is 10.5 Å². The maximum absolute atomic E-state index is 12.2. The lowest BCUT2D eigenvalue weighted by Crippen LogP contribution is -2.17. The van der Waals surface area contributed by atoms with Crippen LogP contribution in [0.15, 0.2) is 60.8 Å². The van der Waals surface area contributed by atoms with Gasteiger partial charge in [-0.25, -0.2) is 9.48 Å². The minimum Gasteiger partial charge on any atom is -0.406 e. The highest BCUT2D eigenvalue weighted by molar-refractivity contribution is 5.86. The SMILES string of the molecule is Cc1c(OC(=O)Nc2ccc(C(C)(C)C)cc2)cnn1-c1ccccc1. The molecule has 26 heavy (non-hydrogen) atoms. The normalized spacial score (nSPS) is 11.2. The highest BCUT2D eigenvalue weighted by Crippen LogP contribution is 2.24. The fourth-order valence-corrected chi connectivity index (χ4v) is 2.62. The Morgan fingerprint density at radius 2 is 1.69 bits per heavy atom. The van der Waals surface area contributed by atoms with Gasteiger partial charge in [-0.15, -0.1) is 0 Å². The molecule has 1 aromatic heterocycles. The van der Waals surface area contributed by atoms with Crippen LogP contribution in [0.25, 0.3) is 5.69 Å². The molecule has 0 spiro atoms. The van der Waals surface area contributed by atoms with Crippen molar-refractivity contribution in [1.29, 1.82) is 0 Å². The lowest BCUT2D eigenvalue weighted by Gasteiger charge is -2.19. The van der Waals surface area contributed by atoms with E-state index in [1.54, 1.807) is 10.9 Å².